The largest absolute Gasteiger partial charge is 0.472 e. The molecule has 0 heterocycles. The van der Waals surface area contributed by atoms with Gasteiger partial charge in [0.25, 0.3) is 0 Å². The van der Waals surface area contributed by atoms with Crippen molar-refractivity contribution in [2.75, 3.05) is 26.4 Å². The third-order valence-corrected chi connectivity index (χ3v) is 10.8. The van der Waals surface area contributed by atoms with Crippen LogP contribution in [0, 0.1) is 0 Å². The molecule has 0 saturated carbocycles. The van der Waals surface area contributed by atoms with E-state index in [2.05, 4.69) is 87.6 Å². The van der Waals surface area contributed by atoms with E-state index in [1.54, 1.807) is 6.08 Å². The fourth-order valence-corrected chi connectivity index (χ4v) is 6.90. The maximum Gasteiger partial charge on any atom is 0.472 e. The Morgan fingerprint density at radius 2 is 0.891 bits per heavy atom. The minimum Gasteiger partial charge on any atom is -0.461 e. The molecule has 0 aliphatic heterocycles. The van der Waals surface area contributed by atoms with Gasteiger partial charge in [-0.25, -0.2) is 4.57 Å². The van der Waals surface area contributed by atoms with Crippen LogP contribution in [0.2, 0.25) is 0 Å². The Morgan fingerprint density at radius 1 is 0.469 bits per heavy atom. The van der Waals surface area contributed by atoms with Gasteiger partial charge in [0, 0.05) is 12.8 Å². The maximum atomic E-state index is 12.8. The standard InChI is InChI=1S/C52H87O11P/c1-4-7-10-13-16-19-21-23-24-26-27-30-32-35-38-41-50(54)59-45-49(63-52(56)43-40-37-34-31-28-25-22-20-17-14-11-8-5-2)47-61-64(57,58)60-46-48(44-53)62-51(55)42-39-36-33-29-18-15-12-9-6-3/h7,10-11,14,16,19-20,22-24,27,30,35,38,48-49,53H,4-6,8-9,12-13,15,17-18,21,25-26,28-29,31-34,36-37,39-47H2,1-3H3,(H,57,58)/b10-7-,14-11-,19-16-,22-20-,24-23-,30-27-,38-35-. The highest BCUT2D eigenvalue weighted by Gasteiger charge is 2.28. The zero-order valence-corrected chi connectivity index (χ0v) is 40.9. The third-order valence-electron chi connectivity index (χ3n) is 9.82. The first-order valence-electron chi connectivity index (χ1n) is 24.5. The summed E-state index contributed by atoms with van der Waals surface area (Å²) in [5.41, 5.74) is 0. The molecule has 3 atom stereocenters. The van der Waals surface area contributed by atoms with Gasteiger partial charge in [-0.3, -0.25) is 23.4 Å². The van der Waals surface area contributed by atoms with Crippen LogP contribution in [0.25, 0.3) is 0 Å². The van der Waals surface area contributed by atoms with Crippen molar-refractivity contribution in [3.8, 4) is 0 Å². The lowest BCUT2D eigenvalue weighted by molar-refractivity contribution is -0.161. The molecule has 0 saturated heterocycles. The zero-order valence-electron chi connectivity index (χ0n) is 40.0. The van der Waals surface area contributed by atoms with E-state index < -0.39 is 64.4 Å². The molecule has 0 radical (unpaired) electrons. The van der Waals surface area contributed by atoms with Crippen molar-refractivity contribution in [2.24, 2.45) is 0 Å². The van der Waals surface area contributed by atoms with Gasteiger partial charge in [0.2, 0.25) is 0 Å². The Bertz CT molecular complexity index is 1400. The Labute approximate surface area is 388 Å². The summed E-state index contributed by atoms with van der Waals surface area (Å²) in [5, 5.41) is 9.72. The van der Waals surface area contributed by atoms with Gasteiger partial charge in [-0.15, -0.1) is 0 Å². The first-order chi connectivity index (χ1) is 31.2. The number of phosphoric acid groups is 1. The number of carbonyl (C=O) groups is 3. The van der Waals surface area contributed by atoms with Crippen molar-refractivity contribution in [2.45, 2.75) is 200 Å². The van der Waals surface area contributed by atoms with Crippen molar-refractivity contribution in [1.29, 1.82) is 0 Å². The van der Waals surface area contributed by atoms with E-state index in [0.717, 1.165) is 96.3 Å². The highest BCUT2D eigenvalue weighted by Crippen LogP contribution is 2.43. The van der Waals surface area contributed by atoms with Crippen molar-refractivity contribution in [1.82, 2.24) is 0 Å². The van der Waals surface area contributed by atoms with E-state index in [1.165, 1.54) is 32.1 Å². The average Bonchev–Trinajstić information content (AvgIpc) is 3.28. The van der Waals surface area contributed by atoms with E-state index in [4.69, 9.17) is 23.3 Å². The molecule has 0 spiro atoms. The lowest BCUT2D eigenvalue weighted by Gasteiger charge is -2.21. The minimum atomic E-state index is -4.76. The summed E-state index contributed by atoms with van der Waals surface area (Å²) in [5.74, 6) is -1.64. The van der Waals surface area contributed by atoms with E-state index in [9.17, 15) is 28.9 Å². The van der Waals surface area contributed by atoms with Crippen LogP contribution in [0.1, 0.15) is 188 Å². The molecule has 64 heavy (non-hydrogen) atoms. The van der Waals surface area contributed by atoms with Gasteiger partial charge < -0.3 is 24.2 Å². The van der Waals surface area contributed by atoms with E-state index >= 15 is 0 Å². The first kappa shape index (κ1) is 60.7. The van der Waals surface area contributed by atoms with Crippen molar-refractivity contribution in [3.63, 3.8) is 0 Å². The number of allylic oxidation sites excluding steroid dienone is 13. The van der Waals surface area contributed by atoms with Gasteiger partial charge in [0.15, 0.2) is 6.10 Å². The number of hydrogen-bond donors (Lipinski definition) is 2. The molecule has 0 fully saturated rings. The summed E-state index contributed by atoms with van der Waals surface area (Å²) in [7, 11) is -4.76. The normalized spacial score (nSPS) is 14.3. The van der Waals surface area contributed by atoms with Crippen LogP contribution in [-0.2, 0) is 42.2 Å². The predicted molar refractivity (Wildman–Crippen MR) is 261 cm³/mol. The molecule has 12 heteroatoms. The molecule has 0 bridgehead atoms. The van der Waals surface area contributed by atoms with Crippen LogP contribution >= 0.6 is 7.82 Å². The summed E-state index contributed by atoms with van der Waals surface area (Å²) in [6, 6.07) is 0. The van der Waals surface area contributed by atoms with Crippen molar-refractivity contribution >= 4 is 25.7 Å². The molecule has 0 aromatic heterocycles. The van der Waals surface area contributed by atoms with Crippen LogP contribution in [0.3, 0.4) is 0 Å². The van der Waals surface area contributed by atoms with Gasteiger partial charge >= 0.3 is 25.7 Å². The number of carbonyl (C=O) groups excluding carboxylic acids is 3. The van der Waals surface area contributed by atoms with Crippen LogP contribution < -0.4 is 0 Å². The SMILES string of the molecule is CC/C=C\C/C=C\C/C=C\C/C=C\C/C=C\CC(=O)OCC(COP(=O)(O)OCC(CO)OC(=O)CCCCCCCCCCC)OC(=O)CCCCCCC/C=C\C/C=C\CCC. The van der Waals surface area contributed by atoms with Gasteiger partial charge in [-0.05, 0) is 70.6 Å². The highest BCUT2D eigenvalue weighted by molar-refractivity contribution is 7.47. The van der Waals surface area contributed by atoms with Gasteiger partial charge in [-0.2, -0.15) is 0 Å². The average molecular weight is 919 g/mol. The first-order valence-corrected chi connectivity index (χ1v) is 26.0. The molecule has 2 N–H and O–H groups in total. The monoisotopic (exact) mass is 919 g/mol. The fourth-order valence-electron chi connectivity index (χ4n) is 6.11. The second-order valence-electron chi connectivity index (χ2n) is 15.9. The number of aliphatic hydroxyl groups excluding tert-OH is 1. The van der Waals surface area contributed by atoms with Gasteiger partial charge in [0.05, 0.1) is 26.2 Å². The molecule has 0 aromatic rings. The molecule has 0 aliphatic carbocycles. The maximum absolute atomic E-state index is 12.8. The Hall–Kier alpha value is -3.34. The summed E-state index contributed by atoms with van der Waals surface area (Å²) >= 11 is 0. The van der Waals surface area contributed by atoms with Crippen molar-refractivity contribution < 1.29 is 52.2 Å². The summed E-state index contributed by atoms with van der Waals surface area (Å²) in [6.07, 6.45) is 50.2. The smallest absolute Gasteiger partial charge is 0.461 e. The molecule has 11 nitrogen and oxygen atoms in total. The number of unbranched alkanes of at least 4 members (excludes halogenated alkanes) is 14. The zero-order chi connectivity index (χ0) is 47.0. The quantitative estimate of drug-likeness (QED) is 0.0197. The Morgan fingerprint density at radius 3 is 1.39 bits per heavy atom. The van der Waals surface area contributed by atoms with Gasteiger partial charge in [0.1, 0.15) is 12.7 Å². The second-order valence-corrected chi connectivity index (χ2v) is 17.4. The topological polar surface area (TPSA) is 155 Å². The minimum absolute atomic E-state index is 0.0111. The van der Waals surface area contributed by atoms with E-state index in [-0.39, 0.29) is 19.3 Å². The van der Waals surface area contributed by atoms with Gasteiger partial charge in [-0.1, -0.05) is 183 Å². The fraction of sp³-hybridized carbons (Fsp3) is 0.673. The number of esters is 3. The number of phosphoric ester groups is 1. The van der Waals surface area contributed by atoms with E-state index in [1.807, 2.05) is 12.2 Å². The predicted octanol–water partition coefficient (Wildman–Crippen LogP) is 13.6. The number of aliphatic hydroxyl groups is 1. The van der Waals surface area contributed by atoms with Crippen molar-refractivity contribution in [3.05, 3.63) is 85.1 Å². The molecule has 0 aromatic carbocycles. The van der Waals surface area contributed by atoms with Crippen LogP contribution in [0.15, 0.2) is 85.1 Å². The summed E-state index contributed by atoms with van der Waals surface area (Å²) in [4.78, 5) is 48.1. The Balaban J connectivity index is 4.91. The summed E-state index contributed by atoms with van der Waals surface area (Å²) in [6.45, 7) is 4.27. The number of rotatable bonds is 44. The van der Waals surface area contributed by atoms with Crippen LogP contribution in [-0.4, -0.2) is 66.5 Å². The lowest BCUT2D eigenvalue weighted by Crippen LogP contribution is -2.30. The van der Waals surface area contributed by atoms with E-state index in [0.29, 0.717) is 19.3 Å². The number of ether oxygens (including phenoxy) is 3. The van der Waals surface area contributed by atoms with Crippen LogP contribution in [0.5, 0.6) is 0 Å². The Kier molecular flexibility index (Phi) is 43.8. The van der Waals surface area contributed by atoms with Crippen LogP contribution in [0.4, 0.5) is 0 Å². The molecule has 0 aliphatic rings. The lowest BCUT2D eigenvalue weighted by atomic mass is 10.1. The molecule has 0 rings (SSSR count). The molecule has 366 valence electrons. The second kappa shape index (κ2) is 46.2. The highest BCUT2D eigenvalue weighted by atomic mass is 31.2. The molecular formula is C52H87O11P. The number of hydrogen-bond acceptors (Lipinski definition) is 10. The third kappa shape index (κ3) is 43.9. The summed E-state index contributed by atoms with van der Waals surface area (Å²) < 4.78 is 39.1. The molecular weight excluding hydrogens is 832 g/mol. The molecule has 0 amide bonds. The molecule has 3 unspecified atom stereocenters.